The van der Waals surface area contributed by atoms with Crippen LogP contribution in [0.2, 0.25) is 0 Å². The molecule has 0 radical (unpaired) electrons. The highest BCUT2D eigenvalue weighted by Crippen LogP contribution is 2.22. The van der Waals surface area contributed by atoms with Crippen molar-refractivity contribution in [2.24, 2.45) is 0 Å². The topological polar surface area (TPSA) is 86.8 Å². The minimum atomic E-state index is -0.987. The van der Waals surface area contributed by atoms with Crippen LogP contribution >= 0.6 is 0 Å². The second kappa shape index (κ2) is 2.74. The fourth-order valence-electron chi connectivity index (χ4n) is 1.30. The number of rotatable bonds is 1. The number of aromatic nitrogens is 1. The van der Waals surface area contributed by atoms with Crippen molar-refractivity contribution in [3.63, 3.8) is 0 Å². The largest absolute Gasteiger partial charge is 0.465 e. The van der Waals surface area contributed by atoms with E-state index >= 15 is 0 Å². The van der Waals surface area contributed by atoms with Crippen LogP contribution in [0.3, 0.4) is 0 Å². The van der Waals surface area contributed by atoms with Gasteiger partial charge in [-0.1, -0.05) is 0 Å². The summed E-state index contributed by atoms with van der Waals surface area (Å²) >= 11 is 0. The predicted molar refractivity (Wildman–Crippen MR) is 39.7 cm³/mol. The van der Waals surface area contributed by atoms with Crippen LogP contribution in [-0.2, 0) is 19.7 Å². The van der Waals surface area contributed by atoms with Crippen LogP contribution < -0.4 is 0 Å². The highest BCUT2D eigenvalue weighted by molar-refractivity contribution is 5.65. The van der Waals surface area contributed by atoms with Crippen LogP contribution in [0.25, 0.3) is 0 Å². The summed E-state index contributed by atoms with van der Waals surface area (Å²) in [5, 5.41) is 17.3. The fourth-order valence-corrected chi connectivity index (χ4v) is 1.30. The van der Waals surface area contributed by atoms with Gasteiger partial charge in [-0.05, 0) is 0 Å². The van der Waals surface area contributed by atoms with Crippen molar-refractivity contribution in [3.05, 3.63) is 17.3 Å². The predicted octanol–water partition coefficient (Wildman–Crippen LogP) is 0.161. The van der Waals surface area contributed by atoms with E-state index in [0.29, 0.717) is 11.5 Å². The Hall–Kier alpha value is -1.56. The number of aliphatic hydroxyl groups is 1. The first-order chi connectivity index (χ1) is 6.20. The average Bonchev–Trinajstić information content (AvgIpc) is 2.58. The molecule has 2 N–H and O–H groups in total. The van der Waals surface area contributed by atoms with Crippen LogP contribution in [0.1, 0.15) is 17.3 Å². The van der Waals surface area contributed by atoms with E-state index in [2.05, 4.69) is 4.98 Å². The molecule has 1 aliphatic heterocycles. The number of carbonyl (C=O) groups is 1. The van der Waals surface area contributed by atoms with Crippen LogP contribution in [0.5, 0.6) is 0 Å². The summed E-state index contributed by atoms with van der Waals surface area (Å²) in [5.41, 5.74) is 0.603. The van der Waals surface area contributed by atoms with Gasteiger partial charge in [0.15, 0.2) is 0 Å². The number of carboxylic acid groups (broad SMARTS) is 1. The Labute approximate surface area is 73.4 Å². The van der Waals surface area contributed by atoms with Gasteiger partial charge in [-0.25, -0.2) is 9.78 Å². The van der Waals surface area contributed by atoms with Gasteiger partial charge in [-0.2, -0.15) is 0 Å². The van der Waals surface area contributed by atoms with E-state index in [1.165, 1.54) is 4.90 Å². The molecule has 1 amide bonds. The Morgan fingerprint density at radius 2 is 2.38 bits per heavy atom. The van der Waals surface area contributed by atoms with Gasteiger partial charge in [0, 0.05) is 0 Å². The quantitative estimate of drug-likeness (QED) is 0.649. The molecule has 70 valence electrons. The summed E-state index contributed by atoms with van der Waals surface area (Å²) in [6.07, 6.45) is -0.987. The molecule has 1 aromatic rings. The highest BCUT2D eigenvalue weighted by Gasteiger charge is 2.28. The van der Waals surface area contributed by atoms with Crippen LogP contribution in [0.4, 0.5) is 4.79 Å². The van der Waals surface area contributed by atoms with Crippen LogP contribution in [0, 0.1) is 0 Å². The van der Waals surface area contributed by atoms with Gasteiger partial charge < -0.3 is 14.6 Å². The van der Waals surface area contributed by atoms with Gasteiger partial charge in [0.25, 0.3) is 0 Å². The number of oxazole rings is 1. The normalized spacial score (nSPS) is 14.7. The maximum atomic E-state index is 10.5. The molecule has 0 spiro atoms. The van der Waals surface area contributed by atoms with E-state index in [1.54, 1.807) is 0 Å². The summed E-state index contributed by atoms with van der Waals surface area (Å²) in [6.45, 7) is 0.214. The lowest BCUT2D eigenvalue weighted by Crippen LogP contribution is -2.23. The minimum absolute atomic E-state index is 0.220. The fraction of sp³-hybridized carbons (Fsp3) is 0.429. The van der Waals surface area contributed by atoms with Gasteiger partial charge in [0.1, 0.15) is 18.1 Å². The first kappa shape index (κ1) is 8.06. The Balaban J connectivity index is 2.19. The summed E-state index contributed by atoms with van der Waals surface area (Å²) in [7, 11) is 0. The maximum absolute atomic E-state index is 10.5. The molecule has 6 heteroatoms. The molecule has 2 heterocycles. The number of hydrogen-bond donors (Lipinski definition) is 2. The summed E-state index contributed by atoms with van der Waals surface area (Å²) < 4.78 is 5.09. The van der Waals surface area contributed by atoms with E-state index in [4.69, 9.17) is 14.6 Å². The Morgan fingerprint density at radius 3 is 2.92 bits per heavy atom. The molecule has 1 aromatic heterocycles. The van der Waals surface area contributed by atoms with Crippen molar-refractivity contribution in [1.29, 1.82) is 0 Å². The molecule has 0 saturated heterocycles. The lowest BCUT2D eigenvalue weighted by molar-refractivity contribution is 0.141. The SMILES string of the molecule is O=C(O)N1Cc2nc(CO)oc2C1. The molecular formula is C7H8N2O4. The lowest BCUT2D eigenvalue weighted by atomic mass is 10.4. The zero-order chi connectivity index (χ0) is 9.42. The number of aliphatic hydroxyl groups excluding tert-OH is 1. The molecular weight excluding hydrogens is 176 g/mol. The highest BCUT2D eigenvalue weighted by atomic mass is 16.4. The molecule has 0 unspecified atom stereocenters. The maximum Gasteiger partial charge on any atom is 0.408 e. The van der Waals surface area contributed by atoms with Gasteiger partial charge in [0.05, 0.1) is 13.1 Å². The van der Waals surface area contributed by atoms with Gasteiger partial charge in [-0.3, -0.25) is 4.90 Å². The molecule has 2 rings (SSSR count). The van der Waals surface area contributed by atoms with Gasteiger partial charge in [0.2, 0.25) is 5.89 Å². The third-order valence-corrected chi connectivity index (χ3v) is 1.90. The molecule has 13 heavy (non-hydrogen) atoms. The molecule has 0 aliphatic carbocycles. The van der Waals surface area contributed by atoms with Crippen molar-refractivity contribution in [1.82, 2.24) is 9.88 Å². The van der Waals surface area contributed by atoms with E-state index < -0.39 is 6.09 Å². The Kier molecular flexibility index (Phi) is 1.70. The zero-order valence-electron chi connectivity index (χ0n) is 6.73. The summed E-state index contributed by atoms with van der Waals surface area (Å²) in [4.78, 5) is 15.6. The second-order valence-electron chi connectivity index (χ2n) is 2.77. The summed E-state index contributed by atoms with van der Waals surface area (Å²) in [5.74, 6) is 0.779. The second-order valence-corrected chi connectivity index (χ2v) is 2.77. The first-order valence-corrected chi connectivity index (χ1v) is 3.77. The third-order valence-electron chi connectivity index (χ3n) is 1.90. The van der Waals surface area contributed by atoms with Crippen molar-refractivity contribution in [2.45, 2.75) is 19.7 Å². The number of hydrogen-bond acceptors (Lipinski definition) is 4. The van der Waals surface area contributed by atoms with E-state index in [-0.39, 0.29) is 25.6 Å². The molecule has 1 aliphatic rings. The Morgan fingerprint density at radius 1 is 1.62 bits per heavy atom. The molecule has 0 aromatic carbocycles. The first-order valence-electron chi connectivity index (χ1n) is 3.77. The molecule has 0 atom stereocenters. The van der Waals surface area contributed by atoms with Crippen molar-refractivity contribution in [2.75, 3.05) is 0 Å². The molecule has 6 nitrogen and oxygen atoms in total. The minimum Gasteiger partial charge on any atom is -0.465 e. The monoisotopic (exact) mass is 184 g/mol. The Bertz CT molecular complexity index is 323. The van der Waals surface area contributed by atoms with Crippen molar-refractivity contribution < 1.29 is 19.4 Å². The molecule has 0 fully saturated rings. The summed E-state index contributed by atoms with van der Waals surface area (Å²) in [6, 6.07) is 0. The van der Waals surface area contributed by atoms with Gasteiger partial charge in [-0.15, -0.1) is 0 Å². The lowest BCUT2D eigenvalue weighted by Gasteiger charge is -2.08. The van der Waals surface area contributed by atoms with E-state index in [9.17, 15) is 4.79 Å². The molecule has 0 bridgehead atoms. The number of fused-ring (bicyclic) bond motifs is 1. The van der Waals surface area contributed by atoms with Crippen LogP contribution in [0.15, 0.2) is 4.42 Å². The average molecular weight is 184 g/mol. The zero-order valence-corrected chi connectivity index (χ0v) is 6.73. The van der Waals surface area contributed by atoms with Crippen molar-refractivity contribution >= 4 is 6.09 Å². The standard InChI is InChI=1S/C7H8N2O4/c10-3-6-8-4-1-9(7(11)12)2-5(4)13-6/h10H,1-3H2,(H,11,12). The smallest absolute Gasteiger partial charge is 0.408 e. The van der Waals surface area contributed by atoms with Gasteiger partial charge >= 0.3 is 6.09 Å². The molecule has 0 saturated carbocycles. The number of amides is 1. The van der Waals surface area contributed by atoms with E-state index in [1.807, 2.05) is 0 Å². The third kappa shape index (κ3) is 1.25. The van der Waals surface area contributed by atoms with E-state index in [0.717, 1.165) is 0 Å². The van der Waals surface area contributed by atoms with Crippen molar-refractivity contribution in [3.8, 4) is 0 Å². The number of nitrogens with zero attached hydrogens (tertiary/aromatic N) is 2. The van der Waals surface area contributed by atoms with Crippen LogP contribution in [-0.4, -0.2) is 26.2 Å².